The second kappa shape index (κ2) is 9.58. The minimum atomic E-state index is -0.0168. The van der Waals surface area contributed by atoms with Crippen molar-refractivity contribution in [3.05, 3.63) is 140 Å². The molecule has 0 amide bonds. The summed E-state index contributed by atoms with van der Waals surface area (Å²) in [5.74, 6) is 3.57. The van der Waals surface area contributed by atoms with E-state index in [2.05, 4.69) is 140 Å². The van der Waals surface area contributed by atoms with Gasteiger partial charge in [0.25, 0.3) is 6.71 Å². The monoisotopic (exact) mass is 634 g/mol. The van der Waals surface area contributed by atoms with E-state index in [-0.39, 0.29) is 6.71 Å². The maximum Gasteiger partial charge on any atom is 0.260 e. The number of benzene rings is 7. The minimum absolute atomic E-state index is 0.0168. The van der Waals surface area contributed by atoms with E-state index in [1.54, 1.807) is 0 Å². The Morgan fingerprint density at radius 2 is 0.851 bits per heavy atom. The first kappa shape index (κ1) is 25.8. The lowest BCUT2D eigenvalue weighted by Gasteiger charge is -2.35. The summed E-state index contributed by atoms with van der Waals surface area (Å²) in [4.78, 5) is 0. The van der Waals surface area contributed by atoms with Crippen molar-refractivity contribution in [2.24, 2.45) is 0 Å². The van der Waals surface area contributed by atoms with E-state index in [0.717, 1.165) is 39.6 Å². The minimum Gasteiger partial charge on any atom is -0.458 e. The average molecular weight is 635 g/mol. The molecular weight excluding hydrogens is 611 g/mol. The van der Waals surface area contributed by atoms with Crippen molar-refractivity contribution in [2.45, 2.75) is 0 Å². The summed E-state index contributed by atoms with van der Waals surface area (Å²) in [6.07, 6.45) is 0. The van der Waals surface area contributed by atoms with E-state index in [0.29, 0.717) is 0 Å². The van der Waals surface area contributed by atoms with E-state index in [9.17, 15) is 0 Å². The molecule has 0 spiro atoms. The van der Waals surface area contributed by atoms with Crippen LogP contribution in [-0.2, 0) is 0 Å². The second-order valence-electron chi connectivity index (χ2n) is 12.3. The maximum absolute atomic E-state index is 7.00. The van der Waals surface area contributed by atoms with Crippen LogP contribution in [0.5, 0.6) is 23.0 Å². The highest BCUT2D eigenvalue weighted by Crippen LogP contribution is 2.51. The number of ether oxygens (including phenoxy) is 2. The normalized spacial score (nSPS) is 13.0. The smallest absolute Gasteiger partial charge is 0.260 e. The van der Waals surface area contributed by atoms with Gasteiger partial charge in [0, 0.05) is 68.1 Å². The third kappa shape index (κ3) is 3.56. The fraction of sp³-hybridized carbons (Fsp3) is 0. The van der Waals surface area contributed by atoms with Crippen LogP contribution in [-0.4, -0.2) is 6.71 Å². The molecule has 0 N–H and O–H groups in total. The molecule has 2 aliphatic heterocycles. The van der Waals surface area contributed by atoms with Gasteiger partial charge in [-0.15, -0.1) is 22.7 Å². The van der Waals surface area contributed by atoms with Gasteiger partial charge < -0.3 is 9.47 Å². The zero-order chi connectivity index (χ0) is 30.6. The van der Waals surface area contributed by atoms with Crippen LogP contribution in [0.3, 0.4) is 0 Å². The fourth-order valence-corrected chi connectivity index (χ4v) is 10.3. The van der Waals surface area contributed by atoms with Gasteiger partial charge in [0.2, 0.25) is 0 Å². The first-order valence-electron chi connectivity index (χ1n) is 15.9. The molecule has 47 heavy (non-hydrogen) atoms. The van der Waals surface area contributed by atoms with Crippen molar-refractivity contribution in [3.8, 4) is 45.3 Å². The molecule has 0 fully saturated rings. The molecule has 0 unspecified atom stereocenters. The number of hydrogen-bond donors (Lipinski definition) is 0. The second-order valence-corrected chi connectivity index (χ2v) is 14.4. The molecule has 0 saturated heterocycles. The molecule has 218 valence electrons. The SMILES string of the molecule is c1ccc2c(c1)Oc1c(-c3cccc4c3sc3ccccc34)cc(-c3cccc4c3sc3ccccc34)c3c1B2c1ccccc1O3. The van der Waals surface area contributed by atoms with Crippen molar-refractivity contribution in [1.82, 2.24) is 0 Å². The Labute approximate surface area is 279 Å². The molecule has 4 heterocycles. The highest BCUT2D eigenvalue weighted by Gasteiger charge is 2.42. The van der Waals surface area contributed by atoms with Gasteiger partial charge >= 0.3 is 0 Å². The summed E-state index contributed by atoms with van der Waals surface area (Å²) in [6, 6.07) is 50.2. The van der Waals surface area contributed by atoms with Crippen LogP contribution in [0.2, 0.25) is 0 Å². The molecule has 11 rings (SSSR count). The van der Waals surface area contributed by atoms with Crippen LogP contribution in [0, 0.1) is 0 Å². The van der Waals surface area contributed by atoms with Gasteiger partial charge in [0.05, 0.1) is 0 Å². The van der Waals surface area contributed by atoms with Gasteiger partial charge in [0.1, 0.15) is 23.0 Å². The molecule has 9 aromatic rings. The molecule has 2 nitrogen and oxygen atoms in total. The topological polar surface area (TPSA) is 18.5 Å². The van der Waals surface area contributed by atoms with Crippen molar-refractivity contribution in [3.63, 3.8) is 0 Å². The molecule has 0 saturated carbocycles. The Morgan fingerprint density at radius 3 is 1.38 bits per heavy atom. The van der Waals surface area contributed by atoms with Gasteiger partial charge in [-0.2, -0.15) is 0 Å². The first-order chi connectivity index (χ1) is 23.3. The van der Waals surface area contributed by atoms with Crippen molar-refractivity contribution >= 4 is 86.1 Å². The molecule has 2 aliphatic rings. The summed E-state index contributed by atoms with van der Waals surface area (Å²) in [5, 5.41) is 5.13. The molecule has 7 aromatic carbocycles. The number of rotatable bonds is 2. The zero-order valence-corrected chi connectivity index (χ0v) is 26.6. The van der Waals surface area contributed by atoms with E-state index in [1.165, 1.54) is 62.4 Å². The average Bonchev–Trinajstić information content (AvgIpc) is 3.70. The molecule has 0 aliphatic carbocycles. The summed E-state index contributed by atoms with van der Waals surface area (Å²) in [6.45, 7) is -0.0168. The highest BCUT2D eigenvalue weighted by molar-refractivity contribution is 7.26. The summed E-state index contributed by atoms with van der Waals surface area (Å²) >= 11 is 3.71. The Kier molecular flexibility index (Phi) is 5.26. The molecule has 0 atom stereocenters. The quantitative estimate of drug-likeness (QED) is 0.176. The molecule has 0 bridgehead atoms. The maximum atomic E-state index is 7.00. The van der Waals surface area contributed by atoms with E-state index in [1.807, 2.05) is 22.7 Å². The molecule has 0 radical (unpaired) electrons. The first-order valence-corrected chi connectivity index (χ1v) is 17.5. The lowest BCUT2D eigenvalue weighted by molar-refractivity contribution is 0.467. The Hall–Kier alpha value is -5.36. The number of hydrogen-bond acceptors (Lipinski definition) is 4. The molecular formula is C42H23BO2S2. The van der Waals surface area contributed by atoms with Crippen molar-refractivity contribution in [1.29, 1.82) is 0 Å². The lowest BCUT2D eigenvalue weighted by atomic mass is 9.34. The van der Waals surface area contributed by atoms with E-state index in [4.69, 9.17) is 9.47 Å². The van der Waals surface area contributed by atoms with Crippen LogP contribution in [0.25, 0.3) is 62.6 Å². The number of fused-ring (bicyclic) bond motifs is 10. The van der Waals surface area contributed by atoms with Crippen LogP contribution < -0.4 is 25.9 Å². The van der Waals surface area contributed by atoms with E-state index >= 15 is 0 Å². The van der Waals surface area contributed by atoms with Crippen LogP contribution >= 0.6 is 22.7 Å². The fourth-order valence-electron chi connectivity index (χ4n) is 7.79. The van der Waals surface area contributed by atoms with E-state index < -0.39 is 0 Å². The van der Waals surface area contributed by atoms with Gasteiger partial charge in [-0.1, -0.05) is 109 Å². The van der Waals surface area contributed by atoms with Gasteiger partial charge in [0.15, 0.2) is 0 Å². The van der Waals surface area contributed by atoms with Crippen molar-refractivity contribution in [2.75, 3.05) is 0 Å². The molecule has 5 heteroatoms. The van der Waals surface area contributed by atoms with Gasteiger partial charge in [-0.25, -0.2) is 0 Å². The predicted molar refractivity (Wildman–Crippen MR) is 201 cm³/mol. The number of thiophene rings is 2. The Balaban J connectivity index is 1.30. The predicted octanol–water partition coefficient (Wildman–Crippen LogP) is 10.5. The summed E-state index contributed by atoms with van der Waals surface area (Å²) in [7, 11) is 0. The number of para-hydroxylation sites is 2. The third-order valence-corrected chi connectivity index (χ3v) is 12.3. The standard InChI is InChI=1S/C42H23BO2S2/c1-7-21-36-24(11-1)26-13-9-15-28(41(26)46-36)30-23-31(29-16-10-14-27-25-12-2-8-22-37(25)47-42(27)29)40-38-39(30)44-34-19-5-3-17-32(34)43(38)33-18-4-6-20-35(33)45-40/h1-23H. The summed E-state index contributed by atoms with van der Waals surface area (Å²) in [5.41, 5.74) is 7.99. The highest BCUT2D eigenvalue weighted by atomic mass is 32.1. The molecule has 2 aromatic heterocycles. The van der Waals surface area contributed by atoms with Crippen molar-refractivity contribution < 1.29 is 9.47 Å². The Morgan fingerprint density at radius 1 is 0.404 bits per heavy atom. The largest absolute Gasteiger partial charge is 0.458 e. The lowest BCUT2D eigenvalue weighted by Crippen LogP contribution is -2.57. The van der Waals surface area contributed by atoms with Gasteiger partial charge in [-0.05, 0) is 41.3 Å². The summed E-state index contributed by atoms with van der Waals surface area (Å²) < 4.78 is 19.1. The van der Waals surface area contributed by atoms with Crippen LogP contribution in [0.1, 0.15) is 0 Å². The Bertz CT molecular complexity index is 2590. The third-order valence-electron chi connectivity index (χ3n) is 9.83. The van der Waals surface area contributed by atoms with Gasteiger partial charge in [-0.3, -0.25) is 0 Å². The van der Waals surface area contributed by atoms with Crippen LogP contribution in [0.15, 0.2) is 140 Å². The van der Waals surface area contributed by atoms with Crippen LogP contribution in [0.4, 0.5) is 0 Å². The zero-order valence-electron chi connectivity index (χ0n) is 25.0.